The van der Waals surface area contributed by atoms with Gasteiger partial charge >= 0.3 is 0 Å². The smallest absolute Gasteiger partial charge is 0.238 e. The first-order valence-electron chi connectivity index (χ1n) is 9.31. The van der Waals surface area contributed by atoms with Crippen LogP contribution in [0.4, 0.5) is 10.1 Å². The van der Waals surface area contributed by atoms with Gasteiger partial charge in [-0.3, -0.25) is 14.5 Å². The molecule has 0 bridgehead atoms. The highest BCUT2D eigenvalue weighted by molar-refractivity contribution is 5.92. The average molecular weight is 362 g/mol. The number of anilines is 1. The fourth-order valence-electron chi connectivity index (χ4n) is 3.68. The molecule has 0 aliphatic carbocycles. The Morgan fingerprint density at radius 2 is 1.88 bits per heavy atom. The molecule has 2 N–H and O–H groups in total. The van der Waals surface area contributed by atoms with E-state index in [4.69, 9.17) is 0 Å². The van der Waals surface area contributed by atoms with Crippen LogP contribution in [0.1, 0.15) is 19.8 Å². The van der Waals surface area contributed by atoms with E-state index in [2.05, 4.69) is 17.6 Å². The van der Waals surface area contributed by atoms with Crippen molar-refractivity contribution >= 4 is 17.5 Å². The van der Waals surface area contributed by atoms with E-state index in [1.54, 1.807) is 12.1 Å². The van der Waals surface area contributed by atoms with Crippen LogP contribution < -0.4 is 10.6 Å². The lowest BCUT2D eigenvalue weighted by molar-refractivity contribution is -0.138. The Bertz CT molecular complexity index is 629. The second-order valence-corrected chi connectivity index (χ2v) is 7.23. The van der Waals surface area contributed by atoms with Crippen LogP contribution in [0.5, 0.6) is 0 Å². The molecule has 0 radical (unpaired) electrons. The number of piperazine rings is 1. The predicted octanol–water partition coefficient (Wildman–Crippen LogP) is 1.30. The monoisotopic (exact) mass is 362 g/mol. The summed E-state index contributed by atoms with van der Waals surface area (Å²) in [7, 11) is 0. The molecule has 1 aromatic carbocycles. The van der Waals surface area contributed by atoms with Gasteiger partial charge in [-0.05, 0) is 50.6 Å². The van der Waals surface area contributed by atoms with Crippen LogP contribution in [0.3, 0.4) is 0 Å². The third-order valence-electron chi connectivity index (χ3n) is 5.15. The quantitative estimate of drug-likeness (QED) is 0.847. The minimum absolute atomic E-state index is 0.122. The molecule has 26 heavy (non-hydrogen) atoms. The van der Waals surface area contributed by atoms with Crippen molar-refractivity contribution < 1.29 is 14.0 Å². The summed E-state index contributed by atoms with van der Waals surface area (Å²) in [5.41, 5.74) is 0.588. The summed E-state index contributed by atoms with van der Waals surface area (Å²) < 4.78 is 12.9. The Balaban J connectivity index is 1.42. The van der Waals surface area contributed by atoms with E-state index in [1.165, 1.54) is 12.1 Å². The number of rotatable bonds is 4. The van der Waals surface area contributed by atoms with Crippen LogP contribution in [-0.4, -0.2) is 66.9 Å². The summed E-state index contributed by atoms with van der Waals surface area (Å²) in [4.78, 5) is 28.8. The first-order valence-corrected chi connectivity index (χ1v) is 9.31. The zero-order valence-corrected chi connectivity index (χ0v) is 15.2. The maximum absolute atomic E-state index is 12.9. The highest BCUT2D eigenvalue weighted by Gasteiger charge is 2.30. The molecule has 1 aromatic rings. The Kier molecular flexibility index (Phi) is 6.21. The lowest BCUT2D eigenvalue weighted by atomic mass is 9.92. The van der Waals surface area contributed by atoms with Crippen LogP contribution in [0.15, 0.2) is 24.3 Å². The van der Waals surface area contributed by atoms with Gasteiger partial charge < -0.3 is 15.5 Å². The van der Waals surface area contributed by atoms with E-state index in [9.17, 15) is 14.0 Å². The third-order valence-corrected chi connectivity index (χ3v) is 5.15. The summed E-state index contributed by atoms with van der Waals surface area (Å²) in [5, 5.41) is 6.15. The molecule has 2 aliphatic heterocycles. The molecule has 2 fully saturated rings. The van der Waals surface area contributed by atoms with Gasteiger partial charge in [0.1, 0.15) is 5.82 Å². The lowest BCUT2D eigenvalue weighted by Crippen LogP contribution is -2.53. The van der Waals surface area contributed by atoms with Crippen molar-refractivity contribution in [3.05, 3.63) is 30.1 Å². The number of nitrogens with zero attached hydrogens (tertiary/aromatic N) is 2. The van der Waals surface area contributed by atoms with E-state index < -0.39 is 0 Å². The molecule has 0 spiro atoms. The molecule has 2 heterocycles. The Morgan fingerprint density at radius 3 is 2.54 bits per heavy atom. The SMILES string of the molecule is C[C@H]1C[C@@H](C(=O)N2CCN(CC(=O)Nc3ccc(F)cc3)CC2)CCN1. The molecule has 0 aromatic heterocycles. The summed E-state index contributed by atoms with van der Waals surface area (Å²) in [6.07, 6.45) is 1.81. The fraction of sp³-hybridized carbons (Fsp3) is 0.579. The van der Waals surface area contributed by atoms with E-state index in [1.807, 2.05) is 9.80 Å². The standard InChI is InChI=1S/C19H27FN4O2/c1-14-12-15(6-7-21-14)19(26)24-10-8-23(9-11-24)13-18(25)22-17-4-2-16(20)3-5-17/h2-5,14-15,21H,6-13H2,1H3,(H,22,25)/t14-,15-/m0/s1. The van der Waals surface area contributed by atoms with Gasteiger partial charge in [-0.1, -0.05) is 0 Å². The van der Waals surface area contributed by atoms with Crippen molar-refractivity contribution in [1.29, 1.82) is 0 Å². The number of carbonyl (C=O) groups is 2. The molecular formula is C19H27FN4O2. The topological polar surface area (TPSA) is 64.7 Å². The molecule has 2 atom stereocenters. The number of piperidine rings is 1. The molecule has 2 amide bonds. The number of amides is 2. The maximum Gasteiger partial charge on any atom is 0.238 e. The summed E-state index contributed by atoms with van der Waals surface area (Å²) in [6, 6.07) is 6.13. The molecule has 3 rings (SSSR count). The summed E-state index contributed by atoms with van der Waals surface area (Å²) in [5.74, 6) is -0.0659. The zero-order valence-electron chi connectivity index (χ0n) is 15.2. The van der Waals surface area contributed by atoms with E-state index in [0.29, 0.717) is 37.9 Å². The van der Waals surface area contributed by atoms with Crippen molar-refractivity contribution in [1.82, 2.24) is 15.1 Å². The molecule has 2 aliphatic rings. The number of carbonyl (C=O) groups excluding carboxylic acids is 2. The van der Waals surface area contributed by atoms with Gasteiger partial charge in [0.15, 0.2) is 0 Å². The van der Waals surface area contributed by atoms with Crippen molar-refractivity contribution in [3.63, 3.8) is 0 Å². The van der Waals surface area contributed by atoms with Crippen LogP contribution >= 0.6 is 0 Å². The van der Waals surface area contributed by atoms with Crippen molar-refractivity contribution in [2.24, 2.45) is 5.92 Å². The minimum Gasteiger partial charge on any atom is -0.340 e. The van der Waals surface area contributed by atoms with E-state index in [0.717, 1.165) is 19.4 Å². The number of nitrogens with one attached hydrogen (secondary N) is 2. The van der Waals surface area contributed by atoms with Gasteiger partial charge in [0.2, 0.25) is 11.8 Å². The molecule has 142 valence electrons. The van der Waals surface area contributed by atoms with Crippen molar-refractivity contribution in [2.75, 3.05) is 44.6 Å². The fourth-order valence-corrected chi connectivity index (χ4v) is 3.68. The normalized spacial score (nSPS) is 24.3. The first kappa shape index (κ1) is 18.8. The second-order valence-electron chi connectivity index (χ2n) is 7.23. The average Bonchev–Trinajstić information content (AvgIpc) is 2.64. The van der Waals surface area contributed by atoms with Gasteiger partial charge in [0.05, 0.1) is 6.54 Å². The minimum atomic E-state index is -0.327. The van der Waals surface area contributed by atoms with Crippen molar-refractivity contribution in [2.45, 2.75) is 25.8 Å². The van der Waals surface area contributed by atoms with Gasteiger partial charge in [0, 0.05) is 43.8 Å². The van der Waals surface area contributed by atoms with Gasteiger partial charge in [-0.25, -0.2) is 4.39 Å². The summed E-state index contributed by atoms with van der Waals surface area (Å²) >= 11 is 0. The second kappa shape index (κ2) is 8.60. The van der Waals surface area contributed by atoms with Crippen LogP contribution in [0.2, 0.25) is 0 Å². The molecule has 0 saturated carbocycles. The third kappa shape index (κ3) is 5.02. The number of halogens is 1. The summed E-state index contributed by atoms with van der Waals surface area (Å²) in [6.45, 7) is 6.04. The van der Waals surface area contributed by atoms with Crippen molar-refractivity contribution in [3.8, 4) is 0 Å². The maximum atomic E-state index is 12.9. The van der Waals surface area contributed by atoms with Gasteiger partial charge in [-0.2, -0.15) is 0 Å². The van der Waals surface area contributed by atoms with Gasteiger partial charge in [0.25, 0.3) is 0 Å². The number of hydrogen-bond donors (Lipinski definition) is 2. The molecule has 6 nitrogen and oxygen atoms in total. The van der Waals surface area contributed by atoms with Crippen LogP contribution in [-0.2, 0) is 9.59 Å². The molecular weight excluding hydrogens is 335 g/mol. The predicted molar refractivity (Wildman–Crippen MR) is 98.2 cm³/mol. The van der Waals surface area contributed by atoms with Crippen LogP contribution in [0.25, 0.3) is 0 Å². The van der Waals surface area contributed by atoms with E-state index >= 15 is 0 Å². The molecule has 2 saturated heterocycles. The lowest BCUT2D eigenvalue weighted by Gasteiger charge is -2.37. The van der Waals surface area contributed by atoms with Crippen LogP contribution in [0, 0.1) is 11.7 Å². The zero-order chi connectivity index (χ0) is 18.5. The number of hydrogen-bond acceptors (Lipinski definition) is 4. The Morgan fingerprint density at radius 1 is 1.19 bits per heavy atom. The Hall–Kier alpha value is -1.99. The number of benzene rings is 1. The molecule has 0 unspecified atom stereocenters. The first-order chi connectivity index (χ1) is 12.5. The largest absolute Gasteiger partial charge is 0.340 e. The highest BCUT2D eigenvalue weighted by Crippen LogP contribution is 2.19. The van der Waals surface area contributed by atoms with Gasteiger partial charge in [-0.15, -0.1) is 0 Å². The van der Waals surface area contributed by atoms with E-state index in [-0.39, 0.29) is 30.1 Å². The molecule has 7 heteroatoms. The highest BCUT2D eigenvalue weighted by atomic mass is 19.1. The Labute approximate surface area is 153 Å².